The Bertz CT molecular complexity index is 392. The molecule has 3 heteroatoms. The van der Waals surface area contributed by atoms with Crippen LogP contribution in [-0.4, -0.2) is 19.3 Å². The first-order valence-corrected chi connectivity index (χ1v) is 6.91. The maximum Gasteiger partial charge on any atom is 0.128 e. The van der Waals surface area contributed by atoms with E-state index in [4.69, 9.17) is 9.47 Å². The van der Waals surface area contributed by atoms with Crippen molar-refractivity contribution < 1.29 is 9.47 Å². The number of hydrogen-bond donors (Lipinski definition) is 1. The van der Waals surface area contributed by atoms with Gasteiger partial charge in [0, 0.05) is 11.6 Å². The number of benzene rings is 1. The van der Waals surface area contributed by atoms with Crippen molar-refractivity contribution in [1.29, 1.82) is 0 Å². The summed E-state index contributed by atoms with van der Waals surface area (Å²) in [5.41, 5.74) is 1.24. The van der Waals surface area contributed by atoms with Gasteiger partial charge in [-0.25, -0.2) is 0 Å². The van der Waals surface area contributed by atoms with Crippen LogP contribution in [0.2, 0.25) is 0 Å². The fraction of sp³-hybridized carbons (Fsp3) is 0.600. The number of fused-ring (bicyclic) bond motifs is 1. The third-order valence-corrected chi connectivity index (χ3v) is 3.25. The predicted molar refractivity (Wildman–Crippen MR) is 73.4 cm³/mol. The van der Waals surface area contributed by atoms with Gasteiger partial charge in [0.1, 0.15) is 18.1 Å². The Morgan fingerprint density at radius 2 is 2.28 bits per heavy atom. The number of likely N-dealkylation sites (N-methyl/N-ethyl adjacent to an activating group) is 1. The molecule has 1 aliphatic heterocycles. The van der Waals surface area contributed by atoms with Gasteiger partial charge >= 0.3 is 0 Å². The second-order valence-electron chi connectivity index (χ2n) is 4.84. The van der Waals surface area contributed by atoms with Crippen LogP contribution in [0.4, 0.5) is 0 Å². The van der Waals surface area contributed by atoms with Crippen molar-refractivity contribution in [1.82, 2.24) is 5.32 Å². The Balaban J connectivity index is 2.05. The Labute approximate surface area is 109 Å². The van der Waals surface area contributed by atoms with E-state index in [1.807, 2.05) is 12.1 Å². The molecule has 0 saturated carbocycles. The molecule has 0 saturated heterocycles. The summed E-state index contributed by atoms with van der Waals surface area (Å²) in [6.07, 6.45) is 2.49. The predicted octanol–water partition coefficient (Wildman–Crippen LogP) is 3.30. The molecule has 0 aromatic heterocycles. The van der Waals surface area contributed by atoms with E-state index in [1.165, 1.54) is 5.56 Å². The standard InChI is InChI=1S/C15H23NO2/c1-4-6-11(3)18-12-7-8-13-14(16-5-2)10-17-15(13)9-12/h7-9,11,14,16H,4-6,10H2,1-3H3. The van der Waals surface area contributed by atoms with E-state index in [2.05, 4.69) is 32.2 Å². The lowest BCUT2D eigenvalue weighted by molar-refractivity contribution is 0.209. The highest BCUT2D eigenvalue weighted by molar-refractivity contribution is 5.45. The molecule has 0 radical (unpaired) electrons. The van der Waals surface area contributed by atoms with Crippen molar-refractivity contribution in [3.63, 3.8) is 0 Å². The largest absolute Gasteiger partial charge is 0.491 e. The number of rotatable bonds is 6. The normalized spacial score (nSPS) is 19.2. The lowest BCUT2D eigenvalue weighted by atomic mass is 10.1. The highest BCUT2D eigenvalue weighted by Gasteiger charge is 2.23. The van der Waals surface area contributed by atoms with Crippen LogP contribution in [0.15, 0.2) is 18.2 Å². The Hall–Kier alpha value is -1.22. The summed E-state index contributed by atoms with van der Waals surface area (Å²) in [7, 11) is 0. The average Bonchev–Trinajstić information content (AvgIpc) is 2.73. The molecule has 1 aliphatic rings. The highest BCUT2D eigenvalue weighted by atomic mass is 16.5. The van der Waals surface area contributed by atoms with Gasteiger partial charge in [-0.3, -0.25) is 0 Å². The molecule has 3 nitrogen and oxygen atoms in total. The summed E-state index contributed by atoms with van der Waals surface area (Å²) < 4.78 is 11.6. The molecular formula is C15H23NO2. The zero-order chi connectivity index (χ0) is 13.0. The Morgan fingerprint density at radius 3 is 3.00 bits per heavy atom. The lowest BCUT2D eigenvalue weighted by Crippen LogP contribution is -2.21. The molecule has 100 valence electrons. The molecule has 2 atom stereocenters. The first-order valence-electron chi connectivity index (χ1n) is 6.91. The number of hydrogen-bond acceptors (Lipinski definition) is 3. The van der Waals surface area contributed by atoms with Crippen LogP contribution < -0.4 is 14.8 Å². The topological polar surface area (TPSA) is 30.5 Å². The van der Waals surface area contributed by atoms with Crippen LogP contribution in [0, 0.1) is 0 Å². The van der Waals surface area contributed by atoms with Crippen LogP contribution in [0.3, 0.4) is 0 Å². The second kappa shape index (κ2) is 6.10. The summed E-state index contributed by atoms with van der Waals surface area (Å²) >= 11 is 0. The first kappa shape index (κ1) is 13.2. The highest BCUT2D eigenvalue weighted by Crippen LogP contribution is 2.35. The molecular weight excluding hydrogens is 226 g/mol. The Kier molecular flexibility index (Phi) is 4.48. The van der Waals surface area contributed by atoms with E-state index in [9.17, 15) is 0 Å². The molecule has 18 heavy (non-hydrogen) atoms. The minimum Gasteiger partial charge on any atom is -0.491 e. The number of nitrogens with one attached hydrogen (secondary N) is 1. The van der Waals surface area contributed by atoms with Crippen molar-refractivity contribution in [2.75, 3.05) is 13.2 Å². The summed E-state index contributed by atoms with van der Waals surface area (Å²) in [5, 5.41) is 3.42. The molecule has 1 heterocycles. The van der Waals surface area contributed by atoms with E-state index < -0.39 is 0 Å². The van der Waals surface area contributed by atoms with Crippen molar-refractivity contribution in [2.45, 2.75) is 45.8 Å². The number of ether oxygens (including phenoxy) is 2. The smallest absolute Gasteiger partial charge is 0.128 e. The van der Waals surface area contributed by atoms with Crippen LogP contribution in [-0.2, 0) is 0 Å². The van der Waals surface area contributed by atoms with Gasteiger partial charge in [0.15, 0.2) is 0 Å². The van der Waals surface area contributed by atoms with Crippen molar-refractivity contribution >= 4 is 0 Å². The molecule has 1 N–H and O–H groups in total. The SMILES string of the molecule is CCCC(C)Oc1ccc2c(c1)OCC2NCC. The van der Waals surface area contributed by atoms with Crippen molar-refractivity contribution in [2.24, 2.45) is 0 Å². The van der Waals surface area contributed by atoms with Crippen LogP contribution >= 0.6 is 0 Å². The van der Waals surface area contributed by atoms with E-state index in [-0.39, 0.29) is 6.10 Å². The lowest BCUT2D eigenvalue weighted by Gasteiger charge is -2.14. The third-order valence-electron chi connectivity index (χ3n) is 3.25. The molecule has 1 aromatic rings. The Morgan fingerprint density at radius 1 is 1.44 bits per heavy atom. The van der Waals surface area contributed by atoms with Crippen molar-refractivity contribution in [3.8, 4) is 11.5 Å². The van der Waals surface area contributed by atoms with Crippen molar-refractivity contribution in [3.05, 3.63) is 23.8 Å². The van der Waals surface area contributed by atoms with Crippen LogP contribution in [0.1, 0.15) is 45.2 Å². The fourth-order valence-corrected chi connectivity index (χ4v) is 2.38. The zero-order valence-corrected chi connectivity index (χ0v) is 11.5. The molecule has 1 aromatic carbocycles. The van der Waals surface area contributed by atoms with Gasteiger partial charge in [0.2, 0.25) is 0 Å². The summed E-state index contributed by atoms with van der Waals surface area (Å²) in [4.78, 5) is 0. The van der Waals surface area contributed by atoms with E-state index >= 15 is 0 Å². The minimum absolute atomic E-state index is 0.263. The summed E-state index contributed by atoms with van der Waals surface area (Å²) in [5.74, 6) is 1.87. The maximum atomic E-state index is 5.87. The van der Waals surface area contributed by atoms with Gasteiger partial charge in [-0.1, -0.05) is 20.3 Å². The molecule has 2 unspecified atom stereocenters. The monoisotopic (exact) mass is 249 g/mol. The van der Waals surface area contributed by atoms with E-state index in [0.29, 0.717) is 6.04 Å². The average molecular weight is 249 g/mol. The molecule has 0 spiro atoms. The molecule has 0 bridgehead atoms. The molecule has 0 amide bonds. The molecule has 0 aliphatic carbocycles. The van der Waals surface area contributed by atoms with Gasteiger partial charge in [-0.05, 0) is 32.0 Å². The van der Waals surface area contributed by atoms with Gasteiger partial charge in [-0.15, -0.1) is 0 Å². The second-order valence-corrected chi connectivity index (χ2v) is 4.84. The molecule has 2 rings (SSSR count). The molecule has 0 fully saturated rings. The van der Waals surface area contributed by atoms with E-state index in [1.54, 1.807) is 0 Å². The summed E-state index contributed by atoms with van der Waals surface area (Å²) in [6, 6.07) is 6.50. The van der Waals surface area contributed by atoms with Gasteiger partial charge in [-0.2, -0.15) is 0 Å². The van der Waals surface area contributed by atoms with Gasteiger partial charge < -0.3 is 14.8 Å². The third kappa shape index (κ3) is 2.96. The maximum absolute atomic E-state index is 5.87. The zero-order valence-electron chi connectivity index (χ0n) is 11.5. The minimum atomic E-state index is 0.263. The fourth-order valence-electron chi connectivity index (χ4n) is 2.38. The summed E-state index contributed by atoms with van der Waals surface area (Å²) in [6.45, 7) is 8.07. The van der Waals surface area contributed by atoms with Crippen LogP contribution in [0.5, 0.6) is 11.5 Å². The van der Waals surface area contributed by atoms with Gasteiger partial charge in [0.25, 0.3) is 0 Å². The first-order chi connectivity index (χ1) is 8.74. The van der Waals surface area contributed by atoms with E-state index in [0.717, 1.165) is 37.5 Å². The van der Waals surface area contributed by atoms with Gasteiger partial charge in [0.05, 0.1) is 12.1 Å². The van der Waals surface area contributed by atoms with Crippen LogP contribution in [0.25, 0.3) is 0 Å². The quantitative estimate of drug-likeness (QED) is 0.839.